The molecule has 0 saturated carbocycles. The summed E-state index contributed by atoms with van der Waals surface area (Å²) < 4.78 is 5.29. The topological polar surface area (TPSA) is 114 Å². The van der Waals surface area contributed by atoms with Crippen molar-refractivity contribution in [2.45, 2.75) is 78.5 Å². The molecule has 0 aliphatic heterocycles. The third-order valence-electron chi connectivity index (χ3n) is 6.16. The number of benzene rings is 2. The number of nitrogens with one attached hydrogen (secondary N) is 3. The fraction of sp³-hybridized carbons (Fsp3) is 0.484. The number of ether oxygens (including phenoxy) is 1. The first kappa shape index (κ1) is 31.5. The van der Waals surface area contributed by atoms with E-state index in [1.165, 1.54) is 0 Å². The van der Waals surface area contributed by atoms with Gasteiger partial charge in [0.05, 0.1) is 0 Å². The summed E-state index contributed by atoms with van der Waals surface area (Å²) in [4.78, 5) is 51.7. The van der Waals surface area contributed by atoms with Crippen LogP contribution < -0.4 is 16.0 Å². The average molecular weight is 538 g/mol. The van der Waals surface area contributed by atoms with Gasteiger partial charge < -0.3 is 20.7 Å². The highest BCUT2D eigenvalue weighted by atomic mass is 16.5. The minimum absolute atomic E-state index is 0.0646. The van der Waals surface area contributed by atoms with Gasteiger partial charge in [0.15, 0.2) is 0 Å². The van der Waals surface area contributed by atoms with Gasteiger partial charge in [0.2, 0.25) is 11.7 Å². The van der Waals surface area contributed by atoms with Crippen LogP contribution in [0.2, 0.25) is 0 Å². The Labute approximate surface area is 232 Å². The van der Waals surface area contributed by atoms with Crippen LogP contribution in [0.15, 0.2) is 60.7 Å². The van der Waals surface area contributed by atoms with Crippen LogP contribution in [0.3, 0.4) is 0 Å². The highest BCUT2D eigenvalue weighted by molar-refractivity contribution is 6.38. The molecule has 0 unspecified atom stereocenters. The highest BCUT2D eigenvalue weighted by Gasteiger charge is 2.31. The van der Waals surface area contributed by atoms with Crippen LogP contribution in [-0.2, 0) is 32.1 Å². The van der Waals surface area contributed by atoms with Gasteiger partial charge in [-0.25, -0.2) is 4.79 Å². The second-order valence-corrected chi connectivity index (χ2v) is 10.6. The lowest BCUT2D eigenvalue weighted by Gasteiger charge is -2.24. The predicted molar refractivity (Wildman–Crippen MR) is 152 cm³/mol. The van der Waals surface area contributed by atoms with Gasteiger partial charge in [-0.1, -0.05) is 101 Å². The monoisotopic (exact) mass is 537 g/mol. The van der Waals surface area contributed by atoms with Crippen LogP contribution in [0.25, 0.3) is 0 Å². The summed E-state index contributed by atoms with van der Waals surface area (Å²) in [6.45, 7) is 8.60. The van der Waals surface area contributed by atoms with Crippen molar-refractivity contribution in [3.05, 3.63) is 71.8 Å². The lowest BCUT2D eigenvalue weighted by atomic mass is 9.99. The minimum atomic E-state index is -1.08. The predicted octanol–water partition coefficient (Wildman–Crippen LogP) is 4.57. The molecule has 212 valence electrons. The van der Waals surface area contributed by atoms with E-state index in [1.807, 2.05) is 74.5 Å². The minimum Gasteiger partial charge on any atom is -0.445 e. The maximum atomic E-state index is 13.3. The van der Waals surface area contributed by atoms with Gasteiger partial charge in [-0.15, -0.1) is 0 Å². The molecule has 3 N–H and O–H groups in total. The Bertz CT molecular complexity index is 1040. The number of carbonyl (C=O) groups excluding carboxylic acids is 4. The van der Waals surface area contributed by atoms with Gasteiger partial charge in [-0.05, 0) is 35.8 Å². The van der Waals surface area contributed by atoms with Crippen molar-refractivity contribution in [1.29, 1.82) is 0 Å². The lowest BCUT2D eigenvalue weighted by Crippen LogP contribution is -2.55. The molecule has 0 spiro atoms. The second-order valence-electron chi connectivity index (χ2n) is 10.6. The number of Topliss-reactive ketones (excluding diaryl/α,β-unsaturated/α-hetero) is 1. The van der Waals surface area contributed by atoms with Crippen molar-refractivity contribution in [3.63, 3.8) is 0 Å². The molecule has 8 heteroatoms. The van der Waals surface area contributed by atoms with Gasteiger partial charge >= 0.3 is 6.09 Å². The second kappa shape index (κ2) is 17.0. The number of amides is 3. The molecule has 0 aromatic heterocycles. The van der Waals surface area contributed by atoms with Crippen molar-refractivity contribution < 1.29 is 23.9 Å². The first-order valence-electron chi connectivity index (χ1n) is 13.8. The summed E-state index contributed by atoms with van der Waals surface area (Å²) in [6, 6.07) is 16.4. The zero-order valence-corrected chi connectivity index (χ0v) is 23.6. The number of hydrogen-bond donors (Lipinski definition) is 3. The fourth-order valence-electron chi connectivity index (χ4n) is 4.07. The van der Waals surface area contributed by atoms with Crippen molar-refractivity contribution in [1.82, 2.24) is 16.0 Å². The summed E-state index contributed by atoms with van der Waals surface area (Å²) in [6.07, 6.45) is 2.54. The number of unbranched alkanes of at least 4 members (excludes halogenated alkanes) is 1. The van der Waals surface area contributed by atoms with E-state index >= 15 is 0 Å². The molecule has 0 saturated heterocycles. The van der Waals surface area contributed by atoms with E-state index in [-0.39, 0.29) is 18.9 Å². The van der Waals surface area contributed by atoms with E-state index in [4.69, 9.17) is 4.74 Å². The van der Waals surface area contributed by atoms with Crippen LogP contribution in [0.5, 0.6) is 0 Å². The zero-order valence-electron chi connectivity index (χ0n) is 23.6. The molecular weight excluding hydrogens is 494 g/mol. The smallest absolute Gasteiger partial charge is 0.408 e. The SMILES string of the molecule is CC(C)CCCCNC(=O)C(=O)[C@H](Cc1ccccc1)NC(=O)[C@H](CC(C)C)NC(=O)OCc1ccccc1. The molecule has 2 rings (SSSR count). The van der Waals surface area contributed by atoms with Gasteiger partial charge in [0.25, 0.3) is 5.91 Å². The molecule has 3 amide bonds. The number of ketones is 1. The van der Waals surface area contributed by atoms with Crippen LogP contribution >= 0.6 is 0 Å². The number of carbonyl (C=O) groups is 4. The van der Waals surface area contributed by atoms with Crippen LogP contribution in [0.1, 0.15) is 64.5 Å². The van der Waals surface area contributed by atoms with Gasteiger partial charge in [-0.2, -0.15) is 0 Å². The average Bonchev–Trinajstić information content (AvgIpc) is 2.91. The van der Waals surface area contributed by atoms with Crippen molar-refractivity contribution in [2.24, 2.45) is 11.8 Å². The maximum absolute atomic E-state index is 13.3. The van der Waals surface area contributed by atoms with Crippen LogP contribution in [-0.4, -0.2) is 42.3 Å². The summed E-state index contributed by atoms with van der Waals surface area (Å²) >= 11 is 0. The van der Waals surface area contributed by atoms with Gasteiger partial charge in [-0.3, -0.25) is 14.4 Å². The molecule has 2 aromatic carbocycles. The summed E-state index contributed by atoms with van der Waals surface area (Å²) in [5, 5.41) is 8.05. The Morgan fingerprint density at radius 2 is 1.36 bits per heavy atom. The van der Waals surface area contributed by atoms with Crippen molar-refractivity contribution in [3.8, 4) is 0 Å². The third kappa shape index (κ3) is 12.6. The number of rotatable bonds is 16. The molecular formula is C31H43N3O5. The third-order valence-corrected chi connectivity index (χ3v) is 6.16. The molecule has 2 atom stereocenters. The molecule has 0 fully saturated rings. The quantitative estimate of drug-likeness (QED) is 0.215. The summed E-state index contributed by atoms with van der Waals surface area (Å²) in [5.74, 6) is -1.33. The Hall–Kier alpha value is -3.68. The van der Waals surface area contributed by atoms with Crippen LogP contribution in [0.4, 0.5) is 4.79 Å². The molecule has 0 bridgehead atoms. The normalized spacial score (nSPS) is 12.5. The highest BCUT2D eigenvalue weighted by Crippen LogP contribution is 2.10. The van der Waals surface area contributed by atoms with E-state index in [2.05, 4.69) is 29.8 Å². The first-order valence-corrected chi connectivity index (χ1v) is 13.8. The van der Waals surface area contributed by atoms with E-state index in [9.17, 15) is 19.2 Å². The lowest BCUT2D eigenvalue weighted by molar-refractivity contribution is -0.140. The Kier molecular flexibility index (Phi) is 13.8. The summed E-state index contributed by atoms with van der Waals surface area (Å²) in [7, 11) is 0. The Morgan fingerprint density at radius 1 is 0.744 bits per heavy atom. The van der Waals surface area contributed by atoms with Gasteiger partial charge in [0, 0.05) is 13.0 Å². The largest absolute Gasteiger partial charge is 0.445 e. The van der Waals surface area contributed by atoms with E-state index < -0.39 is 35.8 Å². The first-order chi connectivity index (χ1) is 18.7. The molecule has 2 aromatic rings. The number of alkyl carbamates (subject to hydrolysis) is 1. The molecule has 0 aliphatic carbocycles. The zero-order chi connectivity index (χ0) is 28.6. The standard InChI is InChI=1S/C31H43N3O5/c1-22(2)13-11-12-18-32-30(37)28(35)26(20-24-14-7-5-8-15-24)33-29(36)27(19-23(3)4)34-31(38)39-21-25-16-9-6-10-17-25/h5-10,14-17,22-23,26-27H,11-13,18-21H2,1-4H3,(H,32,37)(H,33,36)(H,34,38)/t26-,27-/m0/s1. The molecule has 0 radical (unpaired) electrons. The van der Waals surface area contributed by atoms with Crippen molar-refractivity contribution >= 4 is 23.7 Å². The molecule has 0 heterocycles. The maximum Gasteiger partial charge on any atom is 0.408 e. The van der Waals surface area contributed by atoms with Gasteiger partial charge in [0.1, 0.15) is 18.7 Å². The molecule has 39 heavy (non-hydrogen) atoms. The molecule has 0 aliphatic rings. The van der Waals surface area contributed by atoms with E-state index in [0.29, 0.717) is 18.9 Å². The van der Waals surface area contributed by atoms with E-state index in [0.717, 1.165) is 30.4 Å². The summed E-state index contributed by atoms with van der Waals surface area (Å²) in [5.41, 5.74) is 1.62. The Morgan fingerprint density at radius 3 is 1.95 bits per heavy atom. The molecule has 8 nitrogen and oxygen atoms in total. The Balaban J connectivity index is 2.06. The van der Waals surface area contributed by atoms with Crippen LogP contribution in [0, 0.1) is 11.8 Å². The fourth-order valence-corrected chi connectivity index (χ4v) is 4.07. The number of hydrogen-bond acceptors (Lipinski definition) is 5. The van der Waals surface area contributed by atoms with Crippen molar-refractivity contribution in [2.75, 3.05) is 6.54 Å². The van der Waals surface area contributed by atoms with E-state index in [1.54, 1.807) is 0 Å².